The lowest BCUT2D eigenvalue weighted by molar-refractivity contribution is -0.147. The standard InChI is InChI=1S/C9H14O4/c1-4-5-6(2)13-9(12)7(3)8(10)11/h6H,3-5H2,1-2H3,(H,10,11). The van der Waals surface area contributed by atoms with Gasteiger partial charge in [0.15, 0.2) is 0 Å². The summed E-state index contributed by atoms with van der Waals surface area (Å²) in [6.07, 6.45) is 1.35. The van der Waals surface area contributed by atoms with Crippen LogP contribution < -0.4 is 0 Å². The van der Waals surface area contributed by atoms with Crippen LogP contribution in [-0.2, 0) is 14.3 Å². The molecular weight excluding hydrogens is 172 g/mol. The quantitative estimate of drug-likeness (QED) is 0.305. The third kappa shape index (κ3) is 4.30. The van der Waals surface area contributed by atoms with Crippen LogP contribution in [0.15, 0.2) is 12.2 Å². The van der Waals surface area contributed by atoms with E-state index in [0.717, 1.165) is 12.8 Å². The third-order valence-corrected chi connectivity index (χ3v) is 1.51. The largest absolute Gasteiger partial charge is 0.477 e. The van der Waals surface area contributed by atoms with Crippen molar-refractivity contribution in [1.29, 1.82) is 0 Å². The van der Waals surface area contributed by atoms with Crippen LogP contribution in [0.4, 0.5) is 0 Å². The Morgan fingerprint density at radius 3 is 2.46 bits per heavy atom. The van der Waals surface area contributed by atoms with Crippen LogP contribution in [0.1, 0.15) is 26.7 Å². The summed E-state index contributed by atoms with van der Waals surface area (Å²) < 4.78 is 4.79. The Balaban J connectivity index is 4.00. The molecular formula is C9H14O4. The highest BCUT2D eigenvalue weighted by atomic mass is 16.5. The number of carbonyl (C=O) groups is 2. The smallest absolute Gasteiger partial charge is 0.345 e. The predicted molar refractivity (Wildman–Crippen MR) is 47.2 cm³/mol. The number of hydrogen-bond donors (Lipinski definition) is 1. The van der Waals surface area contributed by atoms with Crippen LogP contribution in [0.2, 0.25) is 0 Å². The molecule has 0 radical (unpaired) electrons. The average molecular weight is 186 g/mol. The van der Waals surface area contributed by atoms with Crippen molar-refractivity contribution in [2.45, 2.75) is 32.8 Å². The first-order valence-corrected chi connectivity index (χ1v) is 4.12. The Bertz CT molecular complexity index is 220. The molecule has 0 fully saturated rings. The summed E-state index contributed by atoms with van der Waals surface area (Å²) in [6.45, 7) is 6.77. The van der Waals surface area contributed by atoms with Gasteiger partial charge < -0.3 is 9.84 Å². The number of carboxylic acid groups (broad SMARTS) is 1. The molecule has 0 bridgehead atoms. The summed E-state index contributed by atoms with van der Waals surface area (Å²) in [7, 11) is 0. The third-order valence-electron chi connectivity index (χ3n) is 1.51. The molecule has 0 aliphatic carbocycles. The molecule has 0 aliphatic rings. The molecule has 4 heteroatoms. The number of carboxylic acids is 1. The molecule has 0 aromatic carbocycles. The summed E-state index contributed by atoms with van der Waals surface area (Å²) in [6, 6.07) is 0. The number of rotatable bonds is 5. The van der Waals surface area contributed by atoms with Gasteiger partial charge in [-0.3, -0.25) is 0 Å². The highest BCUT2D eigenvalue weighted by Crippen LogP contribution is 2.04. The van der Waals surface area contributed by atoms with Crippen molar-refractivity contribution in [2.75, 3.05) is 0 Å². The van der Waals surface area contributed by atoms with Gasteiger partial charge in [0.25, 0.3) is 0 Å². The van der Waals surface area contributed by atoms with Crippen LogP contribution in [0.5, 0.6) is 0 Å². The Labute approximate surface area is 77.2 Å². The fourth-order valence-electron chi connectivity index (χ4n) is 0.807. The van der Waals surface area contributed by atoms with Crippen LogP contribution >= 0.6 is 0 Å². The summed E-state index contributed by atoms with van der Waals surface area (Å²) in [5, 5.41) is 8.39. The highest BCUT2D eigenvalue weighted by Gasteiger charge is 2.17. The number of esters is 1. The van der Waals surface area contributed by atoms with Crippen LogP contribution in [0, 0.1) is 0 Å². The Morgan fingerprint density at radius 2 is 2.08 bits per heavy atom. The Morgan fingerprint density at radius 1 is 1.54 bits per heavy atom. The van der Waals surface area contributed by atoms with Gasteiger partial charge in [0.2, 0.25) is 0 Å². The van der Waals surface area contributed by atoms with Gasteiger partial charge in [0.05, 0.1) is 6.10 Å². The first-order valence-electron chi connectivity index (χ1n) is 4.12. The van der Waals surface area contributed by atoms with Crippen molar-refractivity contribution in [1.82, 2.24) is 0 Å². The Kier molecular flexibility index (Phi) is 4.80. The molecule has 1 atom stereocenters. The van der Waals surface area contributed by atoms with Gasteiger partial charge in [-0.05, 0) is 13.3 Å². The van der Waals surface area contributed by atoms with Crippen LogP contribution in [0.25, 0.3) is 0 Å². The van der Waals surface area contributed by atoms with Gasteiger partial charge in [-0.15, -0.1) is 0 Å². The minimum atomic E-state index is -1.34. The maximum absolute atomic E-state index is 11.0. The minimum Gasteiger partial charge on any atom is -0.477 e. The molecule has 1 unspecified atom stereocenters. The lowest BCUT2D eigenvalue weighted by atomic mass is 10.2. The summed E-state index contributed by atoms with van der Waals surface area (Å²) in [5.74, 6) is -2.19. The van der Waals surface area contributed by atoms with Crippen molar-refractivity contribution < 1.29 is 19.4 Å². The normalized spacial score (nSPS) is 11.8. The van der Waals surface area contributed by atoms with E-state index in [-0.39, 0.29) is 6.10 Å². The van der Waals surface area contributed by atoms with Crippen molar-refractivity contribution in [3.05, 3.63) is 12.2 Å². The van der Waals surface area contributed by atoms with Crippen molar-refractivity contribution in [3.63, 3.8) is 0 Å². The lowest BCUT2D eigenvalue weighted by Gasteiger charge is -2.11. The second kappa shape index (κ2) is 5.35. The molecule has 0 heterocycles. The van der Waals surface area contributed by atoms with Gasteiger partial charge in [0, 0.05) is 0 Å². The van der Waals surface area contributed by atoms with Gasteiger partial charge >= 0.3 is 11.9 Å². The molecule has 13 heavy (non-hydrogen) atoms. The number of aliphatic carboxylic acids is 1. The minimum absolute atomic E-state index is 0.256. The fraction of sp³-hybridized carbons (Fsp3) is 0.556. The summed E-state index contributed by atoms with van der Waals surface area (Å²) in [4.78, 5) is 21.2. The molecule has 0 spiro atoms. The average Bonchev–Trinajstić information content (AvgIpc) is 2.03. The zero-order chi connectivity index (χ0) is 10.4. The van der Waals surface area contributed by atoms with Crippen molar-refractivity contribution in [3.8, 4) is 0 Å². The van der Waals surface area contributed by atoms with E-state index in [2.05, 4.69) is 6.58 Å². The zero-order valence-electron chi connectivity index (χ0n) is 7.87. The molecule has 0 amide bonds. The second-order valence-electron chi connectivity index (χ2n) is 2.79. The predicted octanol–water partition coefficient (Wildman–Crippen LogP) is 1.36. The van der Waals surface area contributed by atoms with E-state index in [1.54, 1.807) is 6.92 Å². The van der Waals surface area contributed by atoms with Crippen LogP contribution in [0.3, 0.4) is 0 Å². The molecule has 1 N–H and O–H groups in total. The van der Waals surface area contributed by atoms with Gasteiger partial charge in [-0.2, -0.15) is 0 Å². The maximum Gasteiger partial charge on any atom is 0.345 e. The first kappa shape index (κ1) is 11.7. The molecule has 74 valence electrons. The van der Waals surface area contributed by atoms with Gasteiger partial charge in [-0.1, -0.05) is 19.9 Å². The zero-order valence-corrected chi connectivity index (χ0v) is 7.87. The van der Waals surface area contributed by atoms with E-state index in [0.29, 0.717) is 0 Å². The molecule has 0 saturated carbocycles. The Hall–Kier alpha value is -1.32. The van der Waals surface area contributed by atoms with E-state index in [9.17, 15) is 9.59 Å². The van der Waals surface area contributed by atoms with E-state index in [1.165, 1.54) is 0 Å². The number of ether oxygens (including phenoxy) is 1. The first-order chi connectivity index (χ1) is 5.99. The molecule has 0 rings (SSSR count). The molecule has 0 aromatic rings. The monoisotopic (exact) mass is 186 g/mol. The van der Waals surface area contributed by atoms with Crippen molar-refractivity contribution >= 4 is 11.9 Å². The maximum atomic E-state index is 11.0. The van der Waals surface area contributed by atoms with E-state index in [4.69, 9.17) is 9.84 Å². The van der Waals surface area contributed by atoms with Gasteiger partial charge in [-0.25, -0.2) is 9.59 Å². The van der Waals surface area contributed by atoms with E-state index in [1.807, 2.05) is 6.92 Å². The van der Waals surface area contributed by atoms with Crippen LogP contribution in [-0.4, -0.2) is 23.1 Å². The fourth-order valence-corrected chi connectivity index (χ4v) is 0.807. The van der Waals surface area contributed by atoms with Gasteiger partial charge in [0.1, 0.15) is 5.57 Å². The van der Waals surface area contributed by atoms with E-state index < -0.39 is 17.5 Å². The molecule has 0 aliphatic heterocycles. The molecule has 0 saturated heterocycles. The molecule has 4 nitrogen and oxygen atoms in total. The van der Waals surface area contributed by atoms with Crippen molar-refractivity contribution in [2.24, 2.45) is 0 Å². The summed E-state index contributed by atoms with van der Waals surface area (Å²) in [5.41, 5.74) is -0.525. The van der Waals surface area contributed by atoms with E-state index >= 15 is 0 Å². The second-order valence-corrected chi connectivity index (χ2v) is 2.79. The highest BCUT2D eigenvalue weighted by molar-refractivity contribution is 6.12. The number of carbonyl (C=O) groups excluding carboxylic acids is 1. The SMILES string of the molecule is C=C(C(=O)O)C(=O)OC(C)CCC. The lowest BCUT2D eigenvalue weighted by Crippen LogP contribution is -2.19. The molecule has 0 aromatic heterocycles. The summed E-state index contributed by atoms with van der Waals surface area (Å²) >= 11 is 0. The number of hydrogen-bond acceptors (Lipinski definition) is 3. The topological polar surface area (TPSA) is 63.6 Å².